The molecule has 0 fully saturated rings. The highest BCUT2D eigenvalue weighted by atomic mass is 32.2. The van der Waals surface area contributed by atoms with E-state index in [1.807, 2.05) is 52.0 Å². The normalized spacial score (nSPS) is 13.8. The second-order valence-electron chi connectivity index (χ2n) is 7.00. The molecule has 27 heavy (non-hydrogen) atoms. The third-order valence-corrected chi connectivity index (χ3v) is 6.15. The van der Waals surface area contributed by atoms with Gasteiger partial charge in [0.1, 0.15) is 6.04 Å². The van der Waals surface area contributed by atoms with Gasteiger partial charge in [-0.15, -0.1) is 0 Å². The van der Waals surface area contributed by atoms with Gasteiger partial charge in [0.2, 0.25) is 15.9 Å². The molecule has 0 bridgehead atoms. The maximum Gasteiger partial charge on any atom is 0.241 e. The lowest BCUT2D eigenvalue weighted by Gasteiger charge is -2.23. The Bertz CT molecular complexity index is 859. The lowest BCUT2D eigenvalue weighted by molar-refractivity contribution is -0.124. The molecule has 0 radical (unpaired) electrons. The molecule has 0 aromatic heterocycles. The van der Waals surface area contributed by atoms with Crippen LogP contribution in [0, 0.1) is 19.8 Å². The molecule has 6 heteroatoms. The summed E-state index contributed by atoms with van der Waals surface area (Å²) in [5, 5.41) is 2.85. The van der Waals surface area contributed by atoms with Crippen molar-refractivity contribution in [2.45, 2.75) is 51.6 Å². The van der Waals surface area contributed by atoms with Gasteiger partial charge in [0, 0.05) is 6.54 Å². The van der Waals surface area contributed by atoms with Crippen molar-refractivity contribution in [1.29, 1.82) is 0 Å². The van der Waals surface area contributed by atoms with Gasteiger partial charge in [0.05, 0.1) is 4.90 Å². The zero-order valence-corrected chi connectivity index (χ0v) is 17.1. The average Bonchev–Trinajstić information content (AvgIpc) is 2.65. The van der Waals surface area contributed by atoms with E-state index in [2.05, 4.69) is 10.0 Å². The number of amides is 1. The van der Waals surface area contributed by atoms with Crippen molar-refractivity contribution in [3.05, 3.63) is 65.2 Å². The van der Waals surface area contributed by atoms with Crippen LogP contribution in [0.4, 0.5) is 0 Å². The van der Waals surface area contributed by atoms with E-state index in [0.29, 0.717) is 13.0 Å². The van der Waals surface area contributed by atoms with Crippen LogP contribution in [-0.2, 0) is 21.4 Å². The Balaban J connectivity index is 2.12. The van der Waals surface area contributed by atoms with Gasteiger partial charge in [-0.2, -0.15) is 4.72 Å². The Morgan fingerprint density at radius 1 is 0.963 bits per heavy atom. The molecule has 2 N–H and O–H groups in total. The van der Waals surface area contributed by atoms with Gasteiger partial charge in [-0.1, -0.05) is 67.8 Å². The Labute approximate surface area is 162 Å². The van der Waals surface area contributed by atoms with Gasteiger partial charge >= 0.3 is 0 Å². The molecule has 0 aliphatic heterocycles. The van der Waals surface area contributed by atoms with Crippen molar-refractivity contribution >= 4 is 15.9 Å². The summed E-state index contributed by atoms with van der Waals surface area (Å²) < 4.78 is 28.0. The highest BCUT2D eigenvalue weighted by molar-refractivity contribution is 7.89. The van der Waals surface area contributed by atoms with Crippen LogP contribution in [0.3, 0.4) is 0 Å². The van der Waals surface area contributed by atoms with Gasteiger partial charge < -0.3 is 5.32 Å². The standard InChI is InChI=1S/C21H28N2O3S/c1-5-17(4)20(21(24)22-14-18-10-6-15(2)7-11-18)23-27(25,26)19-12-8-16(3)9-13-19/h6-13,17,20,23H,5,14H2,1-4H3,(H,22,24)/t17-,20+/m0/s1. The number of sulfonamides is 1. The van der Waals surface area contributed by atoms with Crippen molar-refractivity contribution < 1.29 is 13.2 Å². The molecule has 0 spiro atoms. The zero-order chi connectivity index (χ0) is 20.0. The van der Waals surface area contributed by atoms with Crippen molar-refractivity contribution in [3.63, 3.8) is 0 Å². The first kappa shape index (κ1) is 21.1. The molecule has 0 aliphatic rings. The van der Waals surface area contributed by atoms with Crippen LogP contribution in [0.15, 0.2) is 53.4 Å². The summed E-state index contributed by atoms with van der Waals surface area (Å²) in [5.41, 5.74) is 3.09. The van der Waals surface area contributed by atoms with Gasteiger partial charge in [0.15, 0.2) is 0 Å². The molecule has 146 valence electrons. The fourth-order valence-corrected chi connectivity index (χ4v) is 3.93. The second-order valence-corrected chi connectivity index (χ2v) is 8.71. The number of rotatable bonds is 8. The van der Waals surface area contributed by atoms with Gasteiger partial charge in [-0.3, -0.25) is 4.79 Å². The van der Waals surface area contributed by atoms with Crippen LogP contribution in [0.1, 0.15) is 37.0 Å². The number of benzene rings is 2. The summed E-state index contributed by atoms with van der Waals surface area (Å²) in [6, 6.07) is 13.6. The summed E-state index contributed by atoms with van der Waals surface area (Å²) in [4.78, 5) is 12.9. The zero-order valence-electron chi connectivity index (χ0n) is 16.3. The van der Waals surface area contributed by atoms with Gasteiger partial charge in [-0.05, 0) is 37.5 Å². The molecular weight excluding hydrogens is 360 g/mol. The molecule has 2 aromatic rings. The molecule has 0 unspecified atom stereocenters. The first-order valence-electron chi connectivity index (χ1n) is 9.15. The number of carbonyl (C=O) groups is 1. The fourth-order valence-electron chi connectivity index (χ4n) is 2.62. The topological polar surface area (TPSA) is 75.3 Å². The van der Waals surface area contributed by atoms with Crippen molar-refractivity contribution in [2.75, 3.05) is 0 Å². The molecule has 0 aliphatic carbocycles. The van der Waals surface area contributed by atoms with E-state index in [9.17, 15) is 13.2 Å². The van der Waals surface area contributed by atoms with Gasteiger partial charge in [0.25, 0.3) is 0 Å². The fraction of sp³-hybridized carbons (Fsp3) is 0.381. The lowest BCUT2D eigenvalue weighted by Crippen LogP contribution is -2.49. The smallest absolute Gasteiger partial charge is 0.241 e. The van der Waals surface area contributed by atoms with Crippen LogP contribution in [0.5, 0.6) is 0 Å². The first-order valence-corrected chi connectivity index (χ1v) is 10.6. The van der Waals surface area contributed by atoms with Crippen LogP contribution >= 0.6 is 0 Å². The van der Waals surface area contributed by atoms with E-state index in [1.54, 1.807) is 24.3 Å². The minimum atomic E-state index is -3.78. The predicted octanol–water partition coefficient (Wildman–Crippen LogP) is 3.31. The summed E-state index contributed by atoms with van der Waals surface area (Å²) in [6.45, 7) is 8.06. The number of nitrogens with one attached hydrogen (secondary N) is 2. The van der Waals surface area contributed by atoms with Crippen molar-refractivity contribution in [2.24, 2.45) is 5.92 Å². The maximum atomic E-state index is 12.7. The average molecular weight is 389 g/mol. The molecule has 2 atom stereocenters. The summed E-state index contributed by atoms with van der Waals surface area (Å²) in [7, 11) is -3.78. The number of hydrogen-bond donors (Lipinski definition) is 2. The summed E-state index contributed by atoms with van der Waals surface area (Å²) in [5.74, 6) is -0.455. The van der Waals surface area contributed by atoms with E-state index in [0.717, 1.165) is 16.7 Å². The molecule has 2 aromatic carbocycles. The molecule has 2 rings (SSSR count). The van der Waals surface area contributed by atoms with Crippen LogP contribution in [-0.4, -0.2) is 20.4 Å². The van der Waals surface area contributed by atoms with Gasteiger partial charge in [-0.25, -0.2) is 8.42 Å². The molecule has 0 heterocycles. The third kappa shape index (κ3) is 5.91. The highest BCUT2D eigenvalue weighted by Gasteiger charge is 2.29. The minimum Gasteiger partial charge on any atom is -0.351 e. The van der Waals surface area contributed by atoms with E-state index < -0.39 is 16.1 Å². The van der Waals surface area contributed by atoms with Crippen LogP contribution in [0.25, 0.3) is 0 Å². The molecule has 0 saturated heterocycles. The van der Waals surface area contributed by atoms with Crippen LogP contribution < -0.4 is 10.0 Å². The molecule has 1 amide bonds. The Morgan fingerprint density at radius 2 is 1.48 bits per heavy atom. The predicted molar refractivity (Wildman–Crippen MR) is 108 cm³/mol. The molecule has 0 saturated carbocycles. The SMILES string of the molecule is CC[C@H](C)[C@@H](NS(=O)(=O)c1ccc(C)cc1)C(=O)NCc1ccc(C)cc1. The molecular formula is C21H28N2O3S. The van der Waals surface area contributed by atoms with E-state index in [1.165, 1.54) is 0 Å². The van der Waals surface area contributed by atoms with E-state index in [4.69, 9.17) is 0 Å². The summed E-state index contributed by atoms with van der Waals surface area (Å²) in [6.07, 6.45) is 0.680. The van der Waals surface area contributed by atoms with Crippen LogP contribution in [0.2, 0.25) is 0 Å². The Kier molecular flexibility index (Phi) is 7.16. The number of aryl methyl sites for hydroxylation is 2. The second kappa shape index (κ2) is 9.15. The Hall–Kier alpha value is -2.18. The number of hydrogen-bond acceptors (Lipinski definition) is 3. The van der Waals surface area contributed by atoms with E-state index in [-0.39, 0.29) is 16.7 Å². The lowest BCUT2D eigenvalue weighted by atomic mass is 9.99. The monoisotopic (exact) mass is 388 g/mol. The summed E-state index contributed by atoms with van der Waals surface area (Å²) >= 11 is 0. The highest BCUT2D eigenvalue weighted by Crippen LogP contribution is 2.15. The number of carbonyl (C=O) groups excluding carboxylic acids is 1. The largest absolute Gasteiger partial charge is 0.351 e. The first-order chi connectivity index (χ1) is 12.7. The molecule has 5 nitrogen and oxygen atoms in total. The quantitative estimate of drug-likeness (QED) is 0.728. The van der Waals surface area contributed by atoms with Crippen molar-refractivity contribution in [1.82, 2.24) is 10.0 Å². The minimum absolute atomic E-state index is 0.136. The maximum absolute atomic E-state index is 12.7. The van der Waals surface area contributed by atoms with Crippen molar-refractivity contribution in [3.8, 4) is 0 Å². The Morgan fingerprint density at radius 3 is 2.00 bits per heavy atom. The third-order valence-electron chi connectivity index (χ3n) is 4.70. The van der Waals surface area contributed by atoms with E-state index >= 15 is 0 Å².